The second kappa shape index (κ2) is 5.64. The number of aromatic nitrogens is 2. The van der Waals surface area contributed by atoms with Crippen LogP contribution in [0.5, 0.6) is 0 Å². The number of amides is 3. The van der Waals surface area contributed by atoms with Crippen molar-refractivity contribution in [1.29, 1.82) is 0 Å². The predicted molar refractivity (Wildman–Crippen MR) is 78.1 cm³/mol. The van der Waals surface area contributed by atoms with Crippen LogP contribution in [0.3, 0.4) is 0 Å². The van der Waals surface area contributed by atoms with Crippen LogP contribution in [0.4, 0.5) is 4.79 Å². The number of hydrogen-bond donors (Lipinski definition) is 1. The third-order valence-electron chi connectivity index (χ3n) is 3.53. The van der Waals surface area contributed by atoms with Crippen molar-refractivity contribution in [2.45, 2.75) is 12.5 Å². The van der Waals surface area contributed by atoms with Crippen molar-refractivity contribution in [2.24, 2.45) is 5.73 Å². The van der Waals surface area contributed by atoms with Gasteiger partial charge >= 0.3 is 6.03 Å². The van der Waals surface area contributed by atoms with Gasteiger partial charge in [0.1, 0.15) is 0 Å². The first-order valence-corrected chi connectivity index (χ1v) is 6.94. The molecule has 3 heterocycles. The van der Waals surface area contributed by atoms with Gasteiger partial charge in [-0.3, -0.25) is 9.63 Å². The average molecular weight is 303 g/mol. The summed E-state index contributed by atoms with van der Waals surface area (Å²) in [5.41, 5.74) is 6.63. The first-order valence-electron chi connectivity index (χ1n) is 6.94. The van der Waals surface area contributed by atoms with Gasteiger partial charge in [0, 0.05) is 12.7 Å². The fourth-order valence-corrected chi connectivity index (χ4v) is 2.61. The van der Waals surface area contributed by atoms with E-state index < -0.39 is 5.91 Å². The Kier molecular flexibility index (Phi) is 3.68. The van der Waals surface area contributed by atoms with E-state index in [2.05, 4.69) is 11.7 Å². The van der Waals surface area contributed by atoms with E-state index in [1.165, 1.54) is 5.06 Å². The molecular weight excluding hydrogens is 286 g/mol. The lowest BCUT2D eigenvalue weighted by molar-refractivity contribution is -0.117. The van der Waals surface area contributed by atoms with E-state index in [4.69, 9.17) is 10.6 Å². The van der Waals surface area contributed by atoms with Crippen molar-refractivity contribution >= 4 is 17.6 Å². The molecule has 0 aliphatic carbocycles. The van der Waals surface area contributed by atoms with Crippen LogP contribution in [0, 0.1) is 0 Å². The molecule has 0 saturated carbocycles. The molecule has 0 radical (unpaired) electrons. The summed E-state index contributed by atoms with van der Waals surface area (Å²) in [5, 5.41) is 5.68. The molecule has 8 nitrogen and oxygen atoms in total. The van der Waals surface area contributed by atoms with Crippen LogP contribution in [-0.4, -0.2) is 57.4 Å². The summed E-state index contributed by atoms with van der Waals surface area (Å²) in [7, 11) is 0. The van der Waals surface area contributed by atoms with Crippen molar-refractivity contribution in [1.82, 2.24) is 19.7 Å². The molecule has 1 unspecified atom stereocenters. The minimum Gasteiger partial charge on any atom is -0.369 e. The highest BCUT2D eigenvalue weighted by Gasteiger charge is 2.41. The highest BCUT2D eigenvalue weighted by atomic mass is 16.7. The standard InChI is InChI=1S/C14H17N5O3/c1-2-5-22-19-12-7-11(8-17(9-12)14(19)21)18-4-3-10(16-18)6-13(15)20/h2-4,7,12H,1,5-6,8-9H2,(H2,15,20). The Labute approximate surface area is 127 Å². The van der Waals surface area contributed by atoms with E-state index in [-0.39, 0.29) is 25.1 Å². The quantitative estimate of drug-likeness (QED) is 0.748. The van der Waals surface area contributed by atoms with Gasteiger partial charge in [-0.1, -0.05) is 6.08 Å². The van der Waals surface area contributed by atoms with Crippen LogP contribution in [-0.2, 0) is 16.1 Å². The zero-order valence-electron chi connectivity index (χ0n) is 12.0. The van der Waals surface area contributed by atoms with Gasteiger partial charge in [0.2, 0.25) is 5.91 Å². The van der Waals surface area contributed by atoms with Crippen LogP contribution in [0.2, 0.25) is 0 Å². The minimum absolute atomic E-state index is 0.0981. The topological polar surface area (TPSA) is 93.7 Å². The minimum atomic E-state index is -0.425. The van der Waals surface area contributed by atoms with E-state index in [0.717, 1.165) is 5.70 Å². The van der Waals surface area contributed by atoms with Crippen LogP contribution in [0.1, 0.15) is 5.69 Å². The van der Waals surface area contributed by atoms with E-state index in [1.807, 2.05) is 6.08 Å². The number of carbonyl (C=O) groups is 2. The average Bonchev–Trinajstić information content (AvgIpc) is 3.02. The van der Waals surface area contributed by atoms with Crippen molar-refractivity contribution in [2.75, 3.05) is 19.7 Å². The van der Waals surface area contributed by atoms with Crippen molar-refractivity contribution < 1.29 is 14.4 Å². The smallest absolute Gasteiger partial charge is 0.345 e. The van der Waals surface area contributed by atoms with E-state index >= 15 is 0 Å². The first-order chi connectivity index (χ1) is 10.6. The Morgan fingerprint density at radius 3 is 3.14 bits per heavy atom. The molecule has 3 amide bonds. The largest absolute Gasteiger partial charge is 0.369 e. The molecule has 22 heavy (non-hydrogen) atoms. The van der Waals surface area contributed by atoms with Crippen molar-refractivity contribution in [3.8, 4) is 0 Å². The number of primary amides is 1. The van der Waals surface area contributed by atoms with Gasteiger partial charge in [-0.25, -0.2) is 9.48 Å². The molecule has 2 bridgehead atoms. The van der Waals surface area contributed by atoms with E-state index in [9.17, 15) is 9.59 Å². The first kappa shape index (κ1) is 14.3. The maximum Gasteiger partial charge on any atom is 0.345 e. The number of hydrogen-bond acceptors (Lipinski definition) is 4. The molecule has 1 aromatic heterocycles. The number of rotatable bonds is 6. The van der Waals surface area contributed by atoms with Gasteiger partial charge in [0.05, 0.1) is 37.0 Å². The SMILES string of the molecule is C=CCON1C(=O)N2CC(n3ccc(CC(N)=O)n3)=CC1C2. The number of urea groups is 1. The fraction of sp³-hybridized carbons (Fsp3) is 0.357. The van der Waals surface area contributed by atoms with Crippen LogP contribution < -0.4 is 5.73 Å². The molecular formula is C14H17N5O3. The molecule has 1 atom stereocenters. The number of nitrogens with two attached hydrogens (primary N) is 1. The maximum atomic E-state index is 12.2. The molecule has 1 fully saturated rings. The zero-order chi connectivity index (χ0) is 15.7. The number of nitrogens with zero attached hydrogens (tertiary/aromatic N) is 4. The van der Waals surface area contributed by atoms with Gasteiger partial charge in [0.15, 0.2) is 0 Å². The molecule has 2 aliphatic heterocycles. The van der Waals surface area contributed by atoms with Gasteiger partial charge in [0.25, 0.3) is 0 Å². The Morgan fingerprint density at radius 2 is 2.41 bits per heavy atom. The molecule has 116 valence electrons. The lowest BCUT2D eigenvalue weighted by Gasteiger charge is -2.21. The molecule has 8 heteroatoms. The van der Waals surface area contributed by atoms with Gasteiger partial charge in [-0.2, -0.15) is 10.2 Å². The van der Waals surface area contributed by atoms with E-state index in [1.54, 1.807) is 27.9 Å². The van der Waals surface area contributed by atoms with Gasteiger partial charge < -0.3 is 10.6 Å². The number of hydroxylamine groups is 2. The summed E-state index contributed by atoms with van der Waals surface area (Å²) >= 11 is 0. The van der Waals surface area contributed by atoms with Crippen LogP contribution in [0.15, 0.2) is 31.0 Å². The van der Waals surface area contributed by atoms with Gasteiger partial charge in [-0.15, -0.1) is 6.58 Å². The Bertz CT molecular complexity index is 651. The molecule has 2 N–H and O–H groups in total. The molecule has 2 aliphatic rings. The third kappa shape index (κ3) is 2.60. The summed E-state index contributed by atoms with van der Waals surface area (Å²) in [4.78, 5) is 30.2. The predicted octanol–water partition coefficient (Wildman–Crippen LogP) is -0.0108. The van der Waals surface area contributed by atoms with Crippen molar-refractivity contribution in [3.63, 3.8) is 0 Å². The highest BCUT2D eigenvalue weighted by Crippen LogP contribution is 2.26. The summed E-state index contributed by atoms with van der Waals surface area (Å²) in [5.74, 6) is -0.425. The molecule has 0 aromatic carbocycles. The summed E-state index contributed by atoms with van der Waals surface area (Å²) in [6.45, 7) is 4.90. The van der Waals surface area contributed by atoms with Crippen molar-refractivity contribution in [3.05, 3.63) is 36.7 Å². The monoisotopic (exact) mass is 303 g/mol. The van der Waals surface area contributed by atoms with Crippen LogP contribution in [0.25, 0.3) is 5.70 Å². The fourth-order valence-electron chi connectivity index (χ4n) is 2.61. The lowest BCUT2D eigenvalue weighted by atomic mass is 10.2. The summed E-state index contributed by atoms with van der Waals surface area (Å²) < 4.78 is 1.67. The highest BCUT2D eigenvalue weighted by molar-refractivity contribution is 5.80. The van der Waals surface area contributed by atoms with E-state index in [0.29, 0.717) is 18.8 Å². The zero-order valence-corrected chi connectivity index (χ0v) is 12.0. The third-order valence-corrected chi connectivity index (χ3v) is 3.53. The lowest BCUT2D eigenvalue weighted by Crippen LogP contribution is -2.33. The molecule has 0 spiro atoms. The maximum absolute atomic E-state index is 12.2. The number of fused-ring (bicyclic) bond motifs is 2. The Balaban J connectivity index is 1.78. The van der Waals surface area contributed by atoms with Crippen LogP contribution >= 0.6 is 0 Å². The second-order valence-corrected chi connectivity index (χ2v) is 5.19. The summed E-state index contributed by atoms with van der Waals surface area (Å²) in [6.07, 6.45) is 5.40. The number of carbonyl (C=O) groups excluding carboxylic acids is 2. The Hall–Kier alpha value is -2.61. The molecule has 1 saturated heterocycles. The summed E-state index contributed by atoms with van der Waals surface area (Å²) in [6, 6.07) is 1.42. The van der Waals surface area contributed by atoms with Gasteiger partial charge in [-0.05, 0) is 12.1 Å². The molecule has 3 rings (SSSR count). The second-order valence-electron chi connectivity index (χ2n) is 5.19. The molecule has 1 aromatic rings. The normalized spacial score (nSPS) is 20.3. The Morgan fingerprint density at radius 1 is 1.59 bits per heavy atom.